The molecule has 1 aliphatic rings. The number of nitrogens with two attached hydrogens (primary N) is 1. The van der Waals surface area contributed by atoms with Crippen molar-refractivity contribution in [1.29, 1.82) is 0 Å². The van der Waals surface area contributed by atoms with E-state index in [1.807, 2.05) is 18.2 Å². The van der Waals surface area contributed by atoms with Crippen LogP contribution in [0.25, 0.3) is 0 Å². The molecular formula is C15H22F2N2S. The van der Waals surface area contributed by atoms with E-state index in [4.69, 9.17) is 5.73 Å². The van der Waals surface area contributed by atoms with Gasteiger partial charge in [0.05, 0.1) is 0 Å². The van der Waals surface area contributed by atoms with E-state index in [2.05, 4.69) is 17.0 Å². The second kappa shape index (κ2) is 7.38. The van der Waals surface area contributed by atoms with E-state index in [9.17, 15) is 8.78 Å². The Morgan fingerprint density at radius 3 is 2.50 bits per heavy atom. The first-order chi connectivity index (χ1) is 9.55. The second-order valence-electron chi connectivity index (χ2n) is 5.37. The zero-order chi connectivity index (χ0) is 14.4. The number of benzene rings is 1. The van der Waals surface area contributed by atoms with Gasteiger partial charge in [0.25, 0.3) is 5.92 Å². The summed E-state index contributed by atoms with van der Waals surface area (Å²) in [6.07, 6.45) is 0.841. The summed E-state index contributed by atoms with van der Waals surface area (Å²) in [7, 11) is 0. The molecule has 1 atom stereocenters. The molecule has 1 fully saturated rings. The number of nitrogens with zero attached hydrogens (tertiary/aromatic N) is 1. The summed E-state index contributed by atoms with van der Waals surface area (Å²) in [6.45, 7) is 1.81. The number of rotatable bonds is 6. The van der Waals surface area contributed by atoms with Crippen LogP contribution in [0.1, 0.15) is 19.3 Å². The predicted octanol–water partition coefficient (Wildman–Crippen LogP) is 3.23. The molecule has 2 nitrogen and oxygen atoms in total. The van der Waals surface area contributed by atoms with Crippen molar-refractivity contribution in [3.05, 3.63) is 30.3 Å². The number of hydrogen-bond acceptors (Lipinski definition) is 3. The molecule has 0 aromatic heterocycles. The smallest absolute Gasteiger partial charge is 0.250 e. The van der Waals surface area contributed by atoms with E-state index in [0.717, 1.165) is 18.7 Å². The van der Waals surface area contributed by atoms with Crippen molar-refractivity contribution >= 4 is 11.8 Å². The van der Waals surface area contributed by atoms with Crippen molar-refractivity contribution in [2.75, 3.05) is 25.4 Å². The molecule has 20 heavy (non-hydrogen) atoms. The molecule has 1 aromatic carbocycles. The van der Waals surface area contributed by atoms with Crippen LogP contribution in [0.4, 0.5) is 8.78 Å². The topological polar surface area (TPSA) is 29.3 Å². The molecule has 2 rings (SSSR count). The average Bonchev–Trinajstić information content (AvgIpc) is 2.45. The van der Waals surface area contributed by atoms with Crippen LogP contribution in [-0.4, -0.2) is 42.3 Å². The molecule has 0 amide bonds. The van der Waals surface area contributed by atoms with E-state index in [1.54, 1.807) is 11.8 Å². The highest BCUT2D eigenvalue weighted by Crippen LogP contribution is 2.27. The maximum atomic E-state index is 13.0. The van der Waals surface area contributed by atoms with Crippen molar-refractivity contribution < 1.29 is 8.78 Å². The molecule has 0 saturated carbocycles. The second-order valence-corrected chi connectivity index (χ2v) is 6.46. The minimum Gasteiger partial charge on any atom is -0.327 e. The number of piperidine rings is 1. The molecule has 112 valence electrons. The molecule has 2 N–H and O–H groups in total. The van der Waals surface area contributed by atoms with Gasteiger partial charge in [-0.05, 0) is 25.1 Å². The Balaban J connectivity index is 1.62. The summed E-state index contributed by atoms with van der Waals surface area (Å²) in [5, 5.41) is 0. The van der Waals surface area contributed by atoms with Crippen LogP contribution < -0.4 is 5.73 Å². The number of likely N-dealkylation sites (tertiary alicyclic amines) is 1. The molecule has 1 aromatic rings. The Hall–Kier alpha value is -0.650. The van der Waals surface area contributed by atoms with Crippen LogP contribution in [0.15, 0.2) is 35.2 Å². The summed E-state index contributed by atoms with van der Waals surface area (Å²) < 4.78 is 26.1. The number of halogens is 2. The third kappa shape index (κ3) is 5.38. The van der Waals surface area contributed by atoms with Crippen molar-refractivity contribution in [2.24, 2.45) is 5.73 Å². The van der Waals surface area contributed by atoms with Gasteiger partial charge in [0.2, 0.25) is 0 Å². The first-order valence-electron chi connectivity index (χ1n) is 7.09. The minimum absolute atomic E-state index is 0.0129. The predicted molar refractivity (Wildman–Crippen MR) is 80.4 cm³/mol. The fourth-order valence-electron chi connectivity index (χ4n) is 2.26. The fraction of sp³-hybridized carbons (Fsp3) is 0.600. The van der Waals surface area contributed by atoms with E-state index in [1.165, 1.54) is 4.90 Å². The number of alkyl halides is 2. The molecule has 1 aliphatic heterocycles. The Bertz CT molecular complexity index is 390. The van der Waals surface area contributed by atoms with E-state index in [-0.39, 0.29) is 18.9 Å². The normalized spacial score (nSPS) is 20.8. The van der Waals surface area contributed by atoms with Gasteiger partial charge in [0, 0.05) is 42.6 Å². The van der Waals surface area contributed by atoms with Gasteiger partial charge in [-0.15, -0.1) is 11.8 Å². The third-order valence-corrected chi connectivity index (χ3v) is 4.81. The summed E-state index contributed by atoms with van der Waals surface area (Å²) in [4.78, 5) is 3.32. The lowest BCUT2D eigenvalue weighted by Gasteiger charge is -2.32. The zero-order valence-electron chi connectivity index (χ0n) is 11.6. The lowest BCUT2D eigenvalue weighted by atomic mass is 10.1. The molecule has 0 radical (unpaired) electrons. The molecule has 0 spiro atoms. The summed E-state index contributed by atoms with van der Waals surface area (Å²) in [5.74, 6) is -1.59. The van der Waals surface area contributed by atoms with Crippen LogP contribution in [0.5, 0.6) is 0 Å². The quantitative estimate of drug-likeness (QED) is 0.818. The van der Waals surface area contributed by atoms with Crippen molar-refractivity contribution in [2.45, 2.75) is 36.1 Å². The molecule has 1 heterocycles. The summed E-state index contributed by atoms with van der Waals surface area (Å²) in [6, 6.07) is 10.3. The Labute approximate surface area is 123 Å². The maximum Gasteiger partial charge on any atom is 0.250 e. The highest BCUT2D eigenvalue weighted by molar-refractivity contribution is 7.99. The molecule has 0 aliphatic carbocycles. The first-order valence-corrected chi connectivity index (χ1v) is 8.07. The van der Waals surface area contributed by atoms with E-state index in [0.29, 0.717) is 13.1 Å². The van der Waals surface area contributed by atoms with E-state index >= 15 is 0 Å². The van der Waals surface area contributed by atoms with Gasteiger partial charge < -0.3 is 10.6 Å². The van der Waals surface area contributed by atoms with Crippen molar-refractivity contribution in [1.82, 2.24) is 4.90 Å². The molecular weight excluding hydrogens is 278 g/mol. The Kier molecular flexibility index (Phi) is 5.81. The van der Waals surface area contributed by atoms with E-state index < -0.39 is 5.92 Å². The highest BCUT2D eigenvalue weighted by Gasteiger charge is 2.33. The van der Waals surface area contributed by atoms with Gasteiger partial charge in [-0.3, -0.25) is 0 Å². The van der Waals surface area contributed by atoms with Crippen molar-refractivity contribution in [3.8, 4) is 0 Å². The molecule has 5 heteroatoms. The van der Waals surface area contributed by atoms with Gasteiger partial charge in [0.15, 0.2) is 0 Å². The van der Waals surface area contributed by atoms with Gasteiger partial charge in [-0.25, -0.2) is 8.78 Å². The number of hydrogen-bond donors (Lipinski definition) is 1. The third-order valence-electron chi connectivity index (χ3n) is 3.61. The highest BCUT2D eigenvalue weighted by atomic mass is 32.2. The average molecular weight is 300 g/mol. The summed E-state index contributed by atoms with van der Waals surface area (Å²) >= 11 is 1.75. The van der Waals surface area contributed by atoms with Crippen molar-refractivity contribution in [3.63, 3.8) is 0 Å². The maximum absolute atomic E-state index is 13.0. The van der Waals surface area contributed by atoms with Crippen LogP contribution in [0.2, 0.25) is 0 Å². The van der Waals surface area contributed by atoms with Gasteiger partial charge >= 0.3 is 0 Å². The van der Waals surface area contributed by atoms with Gasteiger partial charge in [-0.1, -0.05) is 18.2 Å². The molecule has 1 saturated heterocycles. The molecule has 0 unspecified atom stereocenters. The van der Waals surface area contributed by atoms with Crippen LogP contribution >= 0.6 is 11.8 Å². The van der Waals surface area contributed by atoms with Gasteiger partial charge in [0.1, 0.15) is 0 Å². The van der Waals surface area contributed by atoms with Gasteiger partial charge in [-0.2, -0.15) is 0 Å². The lowest BCUT2D eigenvalue weighted by molar-refractivity contribution is -0.0552. The Morgan fingerprint density at radius 2 is 1.85 bits per heavy atom. The zero-order valence-corrected chi connectivity index (χ0v) is 12.4. The fourth-order valence-corrected chi connectivity index (χ4v) is 3.18. The van der Waals surface area contributed by atoms with Crippen LogP contribution in [0, 0.1) is 0 Å². The first kappa shape index (κ1) is 15.7. The lowest BCUT2D eigenvalue weighted by Crippen LogP contribution is -2.41. The Morgan fingerprint density at radius 1 is 1.20 bits per heavy atom. The standard InChI is InChI=1S/C15H22F2N2S/c16-15(17)7-10-19(11-8-15)9-6-13(18)12-20-14-4-2-1-3-5-14/h1-5,13H,6-12,18H2/t13-/m1/s1. The number of thioether (sulfide) groups is 1. The molecule has 0 bridgehead atoms. The monoisotopic (exact) mass is 300 g/mol. The van der Waals surface area contributed by atoms with Crippen LogP contribution in [-0.2, 0) is 0 Å². The SMILES string of the molecule is N[C@H](CCN1CCC(F)(F)CC1)CSc1ccccc1. The minimum atomic E-state index is -2.46. The van der Waals surface area contributed by atoms with Crippen LogP contribution in [0.3, 0.4) is 0 Å². The summed E-state index contributed by atoms with van der Waals surface area (Å²) in [5.41, 5.74) is 6.10. The largest absolute Gasteiger partial charge is 0.327 e.